The van der Waals surface area contributed by atoms with Crippen molar-refractivity contribution in [2.45, 2.75) is 12.8 Å². The Morgan fingerprint density at radius 3 is 2.70 bits per heavy atom. The molecule has 2 N–H and O–H groups in total. The van der Waals surface area contributed by atoms with Crippen molar-refractivity contribution < 1.29 is 14.7 Å². The summed E-state index contributed by atoms with van der Waals surface area (Å²) in [6.45, 7) is 0.612. The molecule has 0 spiro atoms. The number of rotatable bonds is 8. The Labute approximate surface area is 160 Å². The molecule has 0 aliphatic rings. The first-order valence-corrected chi connectivity index (χ1v) is 9.41. The number of aromatic nitrogens is 2. The number of hydrogen-bond acceptors (Lipinski definition) is 6. The van der Waals surface area contributed by atoms with E-state index in [9.17, 15) is 9.59 Å². The van der Waals surface area contributed by atoms with Crippen LogP contribution >= 0.6 is 11.3 Å². The highest BCUT2D eigenvalue weighted by atomic mass is 32.1. The third kappa shape index (κ3) is 4.59. The molecule has 0 aliphatic heterocycles. The van der Waals surface area contributed by atoms with Crippen molar-refractivity contribution in [1.82, 2.24) is 14.9 Å². The van der Waals surface area contributed by atoms with Crippen molar-refractivity contribution in [3.05, 3.63) is 42.0 Å². The van der Waals surface area contributed by atoms with Crippen LogP contribution in [-0.4, -0.2) is 52.0 Å². The van der Waals surface area contributed by atoms with Crippen molar-refractivity contribution in [2.75, 3.05) is 25.5 Å². The molecular formula is C19H20N4O3S. The minimum Gasteiger partial charge on any atom is -0.481 e. The lowest BCUT2D eigenvalue weighted by Gasteiger charge is -2.16. The zero-order chi connectivity index (χ0) is 19.2. The van der Waals surface area contributed by atoms with Crippen LogP contribution in [0.15, 0.2) is 42.0 Å². The number of nitrogens with one attached hydrogen (secondary N) is 1. The van der Waals surface area contributed by atoms with E-state index in [2.05, 4.69) is 20.7 Å². The van der Waals surface area contributed by atoms with Crippen LogP contribution in [0.4, 0.5) is 5.82 Å². The lowest BCUT2D eigenvalue weighted by Crippen LogP contribution is -2.30. The minimum atomic E-state index is -0.915. The predicted molar refractivity (Wildman–Crippen MR) is 106 cm³/mol. The Balaban J connectivity index is 1.70. The first-order chi connectivity index (χ1) is 13.1. The molecule has 7 nitrogen and oxygen atoms in total. The predicted octanol–water partition coefficient (Wildman–Crippen LogP) is 3.09. The van der Waals surface area contributed by atoms with Crippen LogP contribution in [0.2, 0.25) is 0 Å². The van der Waals surface area contributed by atoms with Gasteiger partial charge >= 0.3 is 5.97 Å². The number of nitrogens with zero attached hydrogens (tertiary/aromatic N) is 3. The molecule has 27 heavy (non-hydrogen) atoms. The van der Waals surface area contributed by atoms with E-state index in [0.29, 0.717) is 12.4 Å². The number of carboxylic acid groups (broad SMARTS) is 1. The highest BCUT2D eigenvalue weighted by Crippen LogP contribution is 2.36. The Bertz CT molecular complexity index is 943. The molecule has 0 radical (unpaired) electrons. The summed E-state index contributed by atoms with van der Waals surface area (Å²) in [5.41, 5.74) is 2.15. The van der Waals surface area contributed by atoms with Crippen LogP contribution in [0.5, 0.6) is 0 Å². The van der Waals surface area contributed by atoms with E-state index in [1.54, 1.807) is 18.4 Å². The summed E-state index contributed by atoms with van der Waals surface area (Å²) in [4.78, 5) is 33.7. The topological polar surface area (TPSA) is 95.4 Å². The molecule has 140 valence electrons. The summed E-state index contributed by atoms with van der Waals surface area (Å²) in [7, 11) is 1.61. The number of aliphatic carboxylic acids is 1. The minimum absolute atomic E-state index is 0.0580. The fraction of sp³-hybridized carbons (Fsp3) is 0.263. The van der Waals surface area contributed by atoms with Crippen LogP contribution < -0.4 is 5.32 Å². The van der Waals surface area contributed by atoms with Crippen LogP contribution in [-0.2, 0) is 9.59 Å². The number of carboxylic acids is 1. The number of anilines is 1. The van der Waals surface area contributed by atoms with E-state index >= 15 is 0 Å². The van der Waals surface area contributed by atoms with Crippen LogP contribution in [0.1, 0.15) is 12.8 Å². The van der Waals surface area contributed by atoms with Crippen molar-refractivity contribution in [1.29, 1.82) is 0 Å². The van der Waals surface area contributed by atoms with Crippen LogP contribution in [0.25, 0.3) is 21.3 Å². The average Bonchev–Trinajstić information content (AvgIpc) is 3.11. The van der Waals surface area contributed by atoms with Gasteiger partial charge in [-0.2, -0.15) is 0 Å². The Kier molecular flexibility index (Phi) is 5.97. The summed E-state index contributed by atoms with van der Waals surface area (Å²) >= 11 is 1.56. The highest BCUT2D eigenvalue weighted by Gasteiger charge is 2.14. The van der Waals surface area contributed by atoms with Gasteiger partial charge in [-0.25, -0.2) is 9.97 Å². The van der Waals surface area contributed by atoms with Gasteiger partial charge < -0.3 is 15.3 Å². The Morgan fingerprint density at radius 1 is 1.19 bits per heavy atom. The number of fused-ring (bicyclic) bond motifs is 1. The van der Waals surface area contributed by atoms with Gasteiger partial charge in [-0.3, -0.25) is 9.59 Å². The second-order valence-corrected chi connectivity index (χ2v) is 6.91. The normalized spacial score (nSPS) is 10.7. The third-order valence-corrected chi connectivity index (χ3v) is 5.06. The summed E-state index contributed by atoms with van der Waals surface area (Å²) in [5.74, 6) is -0.328. The highest BCUT2D eigenvalue weighted by molar-refractivity contribution is 7.17. The van der Waals surface area contributed by atoms with E-state index < -0.39 is 5.97 Å². The molecule has 0 atom stereocenters. The molecule has 0 aliphatic carbocycles. The number of benzene rings is 1. The quantitative estimate of drug-likeness (QED) is 0.620. The third-order valence-electron chi connectivity index (χ3n) is 4.17. The molecule has 2 heterocycles. The fourth-order valence-corrected chi connectivity index (χ4v) is 3.62. The molecule has 1 amide bonds. The molecule has 3 aromatic rings. The standard InChI is InChI=1S/C19H20N4O3S/c1-23(10-8-16(25)26)15(24)7-9-20-18-17-14(13-5-3-2-4-6-13)11-27-19(17)22-12-21-18/h2-6,11-12H,7-10H2,1H3,(H,25,26)(H,20,21,22). The molecule has 3 rings (SSSR count). The van der Waals surface area contributed by atoms with Crippen LogP contribution in [0, 0.1) is 0 Å². The maximum Gasteiger partial charge on any atom is 0.305 e. The van der Waals surface area contributed by atoms with E-state index in [-0.39, 0.29) is 25.3 Å². The van der Waals surface area contributed by atoms with Crippen LogP contribution in [0.3, 0.4) is 0 Å². The summed E-state index contributed by atoms with van der Waals surface area (Å²) < 4.78 is 0. The molecule has 8 heteroatoms. The molecule has 0 fully saturated rings. The van der Waals surface area contributed by atoms with Gasteiger partial charge in [0, 0.05) is 37.5 Å². The second-order valence-electron chi connectivity index (χ2n) is 6.05. The van der Waals surface area contributed by atoms with Crippen molar-refractivity contribution in [3.63, 3.8) is 0 Å². The van der Waals surface area contributed by atoms with Gasteiger partial charge in [-0.05, 0) is 5.56 Å². The largest absolute Gasteiger partial charge is 0.481 e. The first kappa shape index (κ1) is 18.8. The van der Waals surface area contributed by atoms with E-state index in [1.165, 1.54) is 11.2 Å². The number of thiophene rings is 1. The number of carbonyl (C=O) groups excluding carboxylic acids is 1. The number of amides is 1. The van der Waals surface area contributed by atoms with Gasteiger partial charge in [0.05, 0.1) is 11.8 Å². The molecule has 1 aromatic carbocycles. The summed E-state index contributed by atoms with van der Waals surface area (Å²) in [6.07, 6.45) is 1.71. The van der Waals surface area contributed by atoms with Gasteiger partial charge in [0.15, 0.2) is 0 Å². The fourth-order valence-electron chi connectivity index (χ4n) is 2.71. The maximum atomic E-state index is 12.1. The average molecular weight is 384 g/mol. The monoisotopic (exact) mass is 384 g/mol. The van der Waals surface area contributed by atoms with E-state index in [1.807, 2.05) is 30.3 Å². The molecule has 0 bridgehead atoms. The van der Waals surface area contributed by atoms with Gasteiger partial charge in [0.25, 0.3) is 0 Å². The SMILES string of the molecule is CN(CCC(=O)O)C(=O)CCNc1ncnc2scc(-c3ccccc3)c12. The molecule has 2 aromatic heterocycles. The lowest BCUT2D eigenvalue weighted by atomic mass is 10.1. The first-order valence-electron chi connectivity index (χ1n) is 8.53. The zero-order valence-electron chi connectivity index (χ0n) is 14.9. The van der Waals surface area contributed by atoms with Gasteiger partial charge in [0.2, 0.25) is 5.91 Å². The smallest absolute Gasteiger partial charge is 0.305 e. The zero-order valence-corrected chi connectivity index (χ0v) is 15.7. The molecule has 0 unspecified atom stereocenters. The summed E-state index contributed by atoms with van der Waals surface area (Å²) in [6, 6.07) is 10.0. The Hall–Kier alpha value is -3.00. The van der Waals surface area contributed by atoms with Crippen molar-refractivity contribution in [3.8, 4) is 11.1 Å². The van der Waals surface area contributed by atoms with Crippen molar-refractivity contribution in [2.24, 2.45) is 0 Å². The molecule has 0 saturated heterocycles. The molecule has 0 saturated carbocycles. The van der Waals surface area contributed by atoms with E-state index in [4.69, 9.17) is 5.11 Å². The van der Waals surface area contributed by atoms with Gasteiger partial charge in [0.1, 0.15) is 17.0 Å². The van der Waals surface area contributed by atoms with Gasteiger partial charge in [-0.1, -0.05) is 30.3 Å². The van der Waals surface area contributed by atoms with Gasteiger partial charge in [-0.15, -0.1) is 11.3 Å². The summed E-state index contributed by atoms with van der Waals surface area (Å²) in [5, 5.41) is 14.9. The second kappa shape index (κ2) is 8.59. The Morgan fingerprint density at radius 2 is 1.96 bits per heavy atom. The van der Waals surface area contributed by atoms with E-state index in [0.717, 1.165) is 21.3 Å². The number of hydrogen-bond donors (Lipinski definition) is 2. The lowest BCUT2D eigenvalue weighted by molar-refractivity contribution is -0.138. The maximum absolute atomic E-state index is 12.1. The molecular weight excluding hydrogens is 364 g/mol. The number of carbonyl (C=O) groups is 2. The van der Waals surface area contributed by atoms with Crippen molar-refractivity contribution >= 4 is 39.2 Å².